The summed E-state index contributed by atoms with van der Waals surface area (Å²) in [6.07, 6.45) is 0. The molecule has 0 unspecified atom stereocenters. The fourth-order valence-electron chi connectivity index (χ4n) is 1.12. The SMILES string of the molecule is Cn1c(=O)oc2cc(F)c(F)cc21. The second-order valence-electron chi connectivity index (χ2n) is 2.66. The number of halogens is 2. The lowest BCUT2D eigenvalue weighted by Crippen LogP contribution is -2.08. The molecule has 0 aliphatic heterocycles. The van der Waals surface area contributed by atoms with Crippen molar-refractivity contribution in [2.45, 2.75) is 0 Å². The highest BCUT2D eigenvalue weighted by molar-refractivity contribution is 5.72. The molecule has 0 N–H and O–H groups in total. The van der Waals surface area contributed by atoms with E-state index < -0.39 is 17.4 Å². The van der Waals surface area contributed by atoms with Crippen LogP contribution in [0.1, 0.15) is 0 Å². The number of aryl methyl sites for hydroxylation is 1. The van der Waals surface area contributed by atoms with E-state index in [1.807, 2.05) is 0 Å². The van der Waals surface area contributed by atoms with E-state index in [1.165, 1.54) is 7.05 Å². The van der Waals surface area contributed by atoms with Crippen LogP contribution < -0.4 is 5.76 Å². The smallest absolute Gasteiger partial charge is 0.408 e. The summed E-state index contributed by atoms with van der Waals surface area (Å²) in [7, 11) is 1.42. The maximum atomic E-state index is 12.7. The second-order valence-corrected chi connectivity index (χ2v) is 2.66. The van der Waals surface area contributed by atoms with Gasteiger partial charge in [-0.05, 0) is 0 Å². The fourth-order valence-corrected chi connectivity index (χ4v) is 1.12. The lowest BCUT2D eigenvalue weighted by molar-refractivity contribution is 0.503. The minimum atomic E-state index is -1.03. The Kier molecular flexibility index (Phi) is 1.48. The van der Waals surface area contributed by atoms with Crippen LogP contribution in [-0.2, 0) is 7.05 Å². The molecule has 0 atom stereocenters. The number of benzene rings is 1. The lowest BCUT2D eigenvalue weighted by Gasteiger charge is -1.92. The predicted molar refractivity (Wildman–Crippen MR) is 41.4 cm³/mol. The fraction of sp³-hybridized carbons (Fsp3) is 0.125. The van der Waals surface area contributed by atoms with E-state index in [4.69, 9.17) is 0 Å². The van der Waals surface area contributed by atoms with Crippen LogP contribution in [0, 0.1) is 11.6 Å². The Morgan fingerprint density at radius 1 is 1.31 bits per heavy atom. The molecule has 0 saturated carbocycles. The normalized spacial score (nSPS) is 11.0. The summed E-state index contributed by atoms with van der Waals surface area (Å²) in [5, 5.41) is 0. The van der Waals surface area contributed by atoms with Gasteiger partial charge in [0, 0.05) is 19.2 Å². The van der Waals surface area contributed by atoms with Gasteiger partial charge in [-0.15, -0.1) is 0 Å². The van der Waals surface area contributed by atoms with Crippen molar-refractivity contribution in [1.82, 2.24) is 4.57 Å². The van der Waals surface area contributed by atoms with Crippen molar-refractivity contribution in [2.75, 3.05) is 0 Å². The van der Waals surface area contributed by atoms with Gasteiger partial charge in [-0.3, -0.25) is 4.57 Å². The average Bonchev–Trinajstić information content (AvgIpc) is 2.32. The number of oxazole rings is 1. The summed E-state index contributed by atoms with van der Waals surface area (Å²) in [5.41, 5.74) is 0.287. The second kappa shape index (κ2) is 2.42. The van der Waals surface area contributed by atoms with Gasteiger partial charge in [0.2, 0.25) is 0 Å². The maximum Gasteiger partial charge on any atom is 0.419 e. The Bertz CT molecular complexity index is 527. The average molecular weight is 185 g/mol. The summed E-state index contributed by atoms with van der Waals surface area (Å²) in [6, 6.07) is 1.78. The monoisotopic (exact) mass is 185 g/mol. The van der Waals surface area contributed by atoms with Crippen LogP contribution in [0.4, 0.5) is 8.78 Å². The molecule has 2 rings (SSSR count). The van der Waals surface area contributed by atoms with Gasteiger partial charge in [-0.25, -0.2) is 13.6 Å². The van der Waals surface area contributed by atoms with E-state index in [0.29, 0.717) is 0 Å². The van der Waals surface area contributed by atoms with E-state index in [1.54, 1.807) is 0 Å². The largest absolute Gasteiger partial charge is 0.419 e. The van der Waals surface area contributed by atoms with E-state index in [-0.39, 0.29) is 11.1 Å². The number of rotatable bonds is 0. The number of fused-ring (bicyclic) bond motifs is 1. The molecule has 1 aromatic carbocycles. The Hall–Kier alpha value is -1.65. The minimum absolute atomic E-state index is 0.0476. The van der Waals surface area contributed by atoms with Crippen molar-refractivity contribution >= 4 is 11.1 Å². The molecular weight excluding hydrogens is 180 g/mol. The van der Waals surface area contributed by atoms with Gasteiger partial charge in [0.1, 0.15) is 0 Å². The van der Waals surface area contributed by atoms with Gasteiger partial charge in [-0.1, -0.05) is 0 Å². The molecule has 0 bridgehead atoms. The van der Waals surface area contributed by atoms with Crippen molar-refractivity contribution in [3.8, 4) is 0 Å². The Balaban J connectivity index is 2.97. The molecule has 1 heterocycles. The van der Waals surface area contributed by atoms with Gasteiger partial charge in [0.15, 0.2) is 17.2 Å². The lowest BCUT2D eigenvalue weighted by atomic mass is 10.3. The highest BCUT2D eigenvalue weighted by Crippen LogP contribution is 2.16. The van der Waals surface area contributed by atoms with Crippen LogP contribution in [0.5, 0.6) is 0 Å². The van der Waals surface area contributed by atoms with Crippen LogP contribution in [0.2, 0.25) is 0 Å². The Labute approximate surface area is 71.2 Å². The zero-order valence-corrected chi connectivity index (χ0v) is 6.67. The van der Waals surface area contributed by atoms with E-state index in [2.05, 4.69) is 4.42 Å². The summed E-state index contributed by atoms with van der Waals surface area (Å²) < 4.78 is 31.1. The minimum Gasteiger partial charge on any atom is -0.408 e. The number of hydrogen-bond acceptors (Lipinski definition) is 2. The molecule has 0 aliphatic rings. The first kappa shape index (κ1) is 7.97. The molecule has 0 radical (unpaired) electrons. The van der Waals surface area contributed by atoms with E-state index >= 15 is 0 Å². The third-order valence-corrected chi connectivity index (χ3v) is 1.83. The zero-order chi connectivity index (χ0) is 9.59. The van der Waals surface area contributed by atoms with Crippen molar-refractivity contribution < 1.29 is 13.2 Å². The van der Waals surface area contributed by atoms with E-state index in [9.17, 15) is 13.6 Å². The quantitative estimate of drug-likeness (QED) is 0.622. The Morgan fingerprint density at radius 3 is 2.62 bits per heavy atom. The van der Waals surface area contributed by atoms with Gasteiger partial charge in [-0.2, -0.15) is 0 Å². The van der Waals surface area contributed by atoms with Crippen molar-refractivity contribution in [3.63, 3.8) is 0 Å². The number of nitrogens with zero attached hydrogens (tertiary/aromatic N) is 1. The summed E-state index contributed by atoms with van der Waals surface area (Å²) in [5.74, 6) is -2.66. The number of aromatic nitrogens is 1. The first-order valence-electron chi connectivity index (χ1n) is 3.54. The molecule has 2 aromatic rings. The van der Waals surface area contributed by atoms with Crippen molar-refractivity contribution in [3.05, 3.63) is 34.3 Å². The van der Waals surface area contributed by atoms with Crippen LogP contribution in [0.25, 0.3) is 11.1 Å². The molecule has 0 aliphatic carbocycles. The molecule has 0 fully saturated rings. The van der Waals surface area contributed by atoms with Gasteiger partial charge in [0.05, 0.1) is 5.52 Å². The first-order valence-corrected chi connectivity index (χ1v) is 3.54. The zero-order valence-electron chi connectivity index (χ0n) is 6.67. The van der Waals surface area contributed by atoms with Crippen molar-refractivity contribution in [1.29, 1.82) is 0 Å². The van der Waals surface area contributed by atoms with Gasteiger partial charge < -0.3 is 4.42 Å². The van der Waals surface area contributed by atoms with Crippen LogP contribution in [0.3, 0.4) is 0 Å². The summed E-state index contributed by atoms with van der Waals surface area (Å²) in [6.45, 7) is 0. The molecule has 5 heteroatoms. The van der Waals surface area contributed by atoms with Gasteiger partial charge in [0.25, 0.3) is 0 Å². The highest BCUT2D eigenvalue weighted by Gasteiger charge is 2.10. The highest BCUT2D eigenvalue weighted by atomic mass is 19.2. The molecule has 13 heavy (non-hydrogen) atoms. The van der Waals surface area contributed by atoms with Crippen LogP contribution in [0.15, 0.2) is 21.3 Å². The maximum absolute atomic E-state index is 12.7. The van der Waals surface area contributed by atoms with Crippen LogP contribution >= 0.6 is 0 Å². The van der Waals surface area contributed by atoms with Crippen molar-refractivity contribution in [2.24, 2.45) is 7.05 Å². The Morgan fingerprint density at radius 2 is 1.92 bits per heavy atom. The van der Waals surface area contributed by atoms with E-state index in [0.717, 1.165) is 16.7 Å². The third-order valence-electron chi connectivity index (χ3n) is 1.83. The molecule has 1 aromatic heterocycles. The topological polar surface area (TPSA) is 35.1 Å². The van der Waals surface area contributed by atoms with Crippen LogP contribution in [-0.4, -0.2) is 4.57 Å². The predicted octanol–water partition coefficient (Wildman–Crippen LogP) is 1.41. The standard InChI is InChI=1S/C8H5F2NO2/c1-11-6-2-4(9)5(10)3-7(6)13-8(11)12/h2-3H,1H3. The third kappa shape index (κ3) is 1.04. The van der Waals surface area contributed by atoms with Gasteiger partial charge >= 0.3 is 5.76 Å². The molecule has 0 amide bonds. The molecule has 68 valence electrons. The summed E-state index contributed by atoms with van der Waals surface area (Å²) >= 11 is 0. The molecule has 0 saturated heterocycles. The molecular formula is C8H5F2NO2. The first-order chi connectivity index (χ1) is 6.09. The number of hydrogen-bond donors (Lipinski definition) is 0. The molecule has 3 nitrogen and oxygen atoms in total. The summed E-state index contributed by atoms with van der Waals surface area (Å²) in [4.78, 5) is 10.9. The molecule has 0 spiro atoms.